The Morgan fingerprint density at radius 1 is 0.455 bits per heavy atom. The number of aliphatic carboxylic acids is 1. The number of hydrogen-bond donors (Lipinski definition) is 0. The number of hydrogen-bond acceptors (Lipinski definition) is 7. The van der Waals surface area contributed by atoms with Crippen molar-refractivity contribution in [3.63, 3.8) is 0 Å². The van der Waals surface area contributed by atoms with Gasteiger partial charge in [0.2, 0.25) is 0 Å². The van der Waals surface area contributed by atoms with Crippen LogP contribution in [0.4, 0.5) is 0 Å². The van der Waals surface area contributed by atoms with E-state index in [0.717, 1.165) is 103 Å². The first kappa shape index (κ1) is 61.5. The first-order valence-electron chi connectivity index (χ1n) is 25.2. The minimum Gasteiger partial charge on any atom is -0.544 e. The second kappa shape index (κ2) is 47.0. The van der Waals surface area contributed by atoms with E-state index in [-0.39, 0.29) is 55.5 Å². The van der Waals surface area contributed by atoms with Crippen LogP contribution in [0.2, 0.25) is 0 Å². The maximum Gasteiger partial charge on any atom is 0.306 e. The predicted molar refractivity (Wildman–Crippen MR) is 277 cm³/mol. The molecule has 0 saturated carbocycles. The van der Waals surface area contributed by atoms with Crippen LogP contribution >= 0.6 is 0 Å². The lowest BCUT2D eigenvalue weighted by Crippen LogP contribution is -2.55. The molecular formula is C58H91NO7. The summed E-state index contributed by atoms with van der Waals surface area (Å²) in [5.74, 6) is -1.87. The summed E-state index contributed by atoms with van der Waals surface area (Å²) >= 11 is 0. The summed E-state index contributed by atoms with van der Waals surface area (Å²) < 4.78 is 17.1. The van der Waals surface area contributed by atoms with Crippen LogP contribution in [-0.4, -0.2) is 75.5 Å². The molecule has 370 valence electrons. The molecule has 0 aromatic heterocycles. The third-order valence-corrected chi connectivity index (χ3v) is 10.3. The van der Waals surface area contributed by atoms with Crippen LogP contribution in [0.1, 0.15) is 162 Å². The maximum absolute atomic E-state index is 12.8. The van der Waals surface area contributed by atoms with Crippen LogP contribution in [-0.2, 0) is 28.6 Å². The van der Waals surface area contributed by atoms with Crippen LogP contribution < -0.4 is 5.11 Å². The molecule has 0 saturated heterocycles. The van der Waals surface area contributed by atoms with Gasteiger partial charge in [-0.25, -0.2) is 0 Å². The topological polar surface area (TPSA) is 102 Å². The number of carbonyl (C=O) groups is 3. The van der Waals surface area contributed by atoms with Crippen molar-refractivity contribution >= 4 is 17.9 Å². The number of esters is 2. The molecule has 0 radical (unpaired) electrons. The number of unbranched alkanes of at least 4 members (excludes halogenated alkanes) is 7. The van der Waals surface area contributed by atoms with E-state index in [1.165, 1.54) is 19.3 Å². The number of allylic oxidation sites excluding steroid dienone is 22. The summed E-state index contributed by atoms with van der Waals surface area (Å²) in [4.78, 5) is 37.0. The SMILES string of the molecule is CC/C=C/C/C=C/C/C=C/C/C=C/C/C=C/C/C=C/CCC(=O)OCC(COCCC(C(=O)[O-])[N+](C)(C)C)OC(=O)CCCCCCCCC/C=C/C/C=C/C/C=C/C/C=C/C/C=C/CC. The fourth-order valence-electron chi connectivity index (χ4n) is 6.47. The molecule has 0 bridgehead atoms. The molecule has 0 heterocycles. The first-order valence-corrected chi connectivity index (χ1v) is 25.2. The Bertz CT molecular complexity index is 1530. The van der Waals surface area contributed by atoms with Gasteiger partial charge in [-0.15, -0.1) is 0 Å². The second-order valence-corrected chi connectivity index (χ2v) is 17.3. The molecule has 2 unspecified atom stereocenters. The Balaban J connectivity index is 4.42. The van der Waals surface area contributed by atoms with Crippen LogP contribution in [0.3, 0.4) is 0 Å². The van der Waals surface area contributed by atoms with Crippen LogP contribution in [0.25, 0.3) is 0 Å². The van der Waals surface area contributed by atoms with Crippen molar-refractivity contribution in [1.82, 2.24) is 0 Å². The van der Waals surface area contributed by atoms with Crippen molar-refractivity contribution in [1.29, 1.82) is 0 Å². The lowest BCUT2D eigenvalue weighted by Gasteiger charge is -2.34. The summed E-state index contributed by atoms with van der Waals surface area (Å²) in [5, 5.41) is 11.7. The Kier molecular flexibility index (Phi) is 43.8. The average molecular weight is 914 g/mol. The fraction of sp³-hybridized carbons (Fsp3) is 0.569. The standard InChI is InChI=1S/C58H91NO7/c1-6-8-10-12-14-16-18-20-22-24-26-27-28-29-31-33-35-37-39-41-43-45-47-49-57(61)66-54(52-64-51-50-55(58(62)63)59(3,4)5)53-65-56(60)48-46-44-42-40-38-36-34-32-30-25-23-21-19-17-15-13-11-9-7-2/h8-11,14-17,20-23,26-27,29-32,36,38,42,44,54-55H,6-7,12-13,18-19,24-25,28,33-35,37,39-41,43,45-53H2,1-5H3/b10-8+,11-9+,16-14+,17-15+,22-20+,23-21+,27-26+,31-29+,32-30+,38-36+,44-42+. The van der Waals surface area contributed by atoms with Gasteiger partial charge in [-0.2, -0.15) is 0 Å². The minimum atomic E-state index is -1.14. The smallest absolute Gasteiger partial charge is 0.306 e. The summed E-state index contributed by atoms with van der Waals surface area (Å²) in [5.41, 5.74) is 0. The van der Waals surface area contributed by atoms with Gasteiger partial charge in [0.05, 0.1) is 40.3 Å². The maximum atomic E-state index is 12.8. The van der Waals surface area contributed by atoms with Crippen molar-refractivity contribution in [2.24, 2.45) is 0 Å². The normalized spacial score (nSPS) is 14.0. The highest BCUT2D eigenvalue weighted by Gasteiger charge is 2.25. The predicted octanol–water partition coefficient (Wildman–Crippen LogP) is 13.4. The quantitative estimate of drug-likeness (QED) is 0.0260. The van der Waals surface area contributed by atoms with Gasteiger partial charge < -0.3 is 28.6 Å². The van der Waals surface area contributed by atoms with E-state index in [1.807, 2.05) is 12.2 Å². The van der Waals surface area contributed by atoms with E-state index >= 15 is 0 Å². The van der Waals surface area contributed by atoms with Crippen LogP contribution in [0, 0.1) is 0 Å². The second-order valence-electron chi connectivity index (χ2n) is 17.3. The number of likely N-dealkylation sites (N-methyl/N-ethyl adjacent to an activating group) is 1. The molecule has 0 amide bonds. The molecule has 0 aliphatic rings. The highest BCUT2D eigenvalue weighted by atomic mass is 16.6. The molecular weight excluding hydrogens is 823 g/mol. The number of nitrogens with zero attached hydrogens (tertiary/aromatic N) is 1. The van der Waals surface area contributed by atoms with Gasteiger partial charge in [0.1, 0.15) is 12.6 Å². The third-order valence-electron chi connectivity index (χ3n) is 10.3. The summed E-state index contributed by atoms with van der Waals surface area (Å²) in [6.45, 7) is 4.32. The van der Waals surface area contributed by atoms with Gasteiger partial charge in [-0.1, -0.05) is 180 Å². The number of carbonyl (C=O) groups excluding carboxylic acids is 3. The zero-order valence-corrected chi connectivity index (χ0v) is 42.0. The molecule has 2 atom stereocenters. The lowest BCUT2D eigenvalue weighted by molar-refractivity contribution is -0.889. The van der Waals surface area contributed by atoms with E-state index in [0.29, 0.717) is 6.42 Å². The van der Waals surface area contributed by atoms with Gasteiger partial charge in [0.25, 0.3) is 0 Å². The molecule has 0 aromatic rings. The number of carboxylic acids is 1. The fourth-order valence-corrected chi connectivity index (χ4v) is 6.47. The average Bonchev–Trinajstić information content (AvgIpc) is 3.28. The summed E-state index contributed by atoms with van der Waals surface area (Å²) in [7, 11) is 5.37. The van der Waals surface area contributed by atoms with E-state index < -0.39 is 18.1 Å². The summed E-state index contributed by atoms with van der Waals surface area (Å²) in [6, 6.07) is -0.748. The number of carboxylic acid groups (broad SMARTS) is 1. The van der Waals surface area contributed by atoms with E-state index in [2.05, 4.69) is 135 Å². The van der Waals surface area contributed by atoms with Gasteiger partial charge in [0.15, 0.2) is 6.10 Å². The van der Waals surface area contributed by atoms with E-state index in [9.17, 15) is 19.5 Å². The lowest BCUT2D eigenvalue weighted by atomic mass is 10.1. The number of ether oxygens (including phenoxy) is 3. The molecule has 0 fully saturated rings. The number of quaternary nitrogens is 1. The van der Waals surface area contributed by atoms with Gasteiger partial charge in [-0.05, 0) is 96.3 Å². The van der Waals surface area contributed by atoms with E-state index in [1.54, 1.807) is 21.1 Å². The Labute approximate surface area is 403 Å². The zero-order valence-electron chi connectivity index (χ0n) is 42.0. The highest BCUT2D eigenvalue weighted by Crippen LogP contribution is 2.13. The molecule has 0 N–H and O–H groups in total. The van der Waals surface area contributed by atoms with Crippen molar-refractivity contribution < 1.29 is 38.2 Å². The Morgan fingerprint density at radius 3 is 1.24 bits per heavy atom. The van der Waals surface area contributed by atoms with Crippen LogP contribution in [0.5, 0.6) is 0 Å². The molecule has 0 rings (SSSR count). The Hall–Kier alpha value is -4.53. The third kappa shape index (κ3) is 44.7. The highest BCUT2D eigenvalue weighted by molar-refractivity contribution is 5.70. The molecule has 8 heteroatoms. The van der Waals surface area contributed by atoms with Crippen molar-refractivity contribution in [2.75, 3.05) is 41.0 Å². The minimum absolute atomic E-state index is 0.00268. The first-order chi connectivity index (χ1) is 32.1. The summed E-state index contributed by atoms with van der Waals surface area (Å²) in [6.07, 6.45) is 67.8. The van der Waals surface area contributed by atoms with Crippen LogP contribution in [0.15, 0.2) is 134 Å². The van der Waals surface area contributed by atoms with E-state index in [4.69, 9.17) is 14.2 Å². The molecule has 8 nitrogen and oxygen atoms in total. The monoisotopic (exact) mass is 914 g/mol. The number of rotatable bonds is 43. The Morgan fingerprint density at radius 2 is 0.833 bits per heavy atom. The van der Waals surface area contributed by atoms with Crippen molar-refractivity contribution in [3.05, 3.63) is 134 Å². The largest absolute Gasteiger partial charge is 0.544 e. The van der Waals surface area contributed by atoms with Gasteiger partial charge in [0, 0.05) is 19.3 Å². The molecule has 0 spiro atoms. The van der Waals surface area contributed by atoms with Gasteiger partial charge >= 0.3 is 11.9 Å². The zero-order chi connectivity index (χ0) is 48.4. The molecule has 0 aromatic carbocycles. The van der Waals surface area contributed by atoms with Crippen molar-refractivity contribution in [2.45, 2.75) is 174 Å². The van der Waals surface area contributed by atoms with Crippen molar-refractivity contribution in [3.8, 4) is 0 Å². The molecule has 0 aliphatic heterocycles. The van der Waals surface area contributed by atoms with Gasteiger partial charge in [-0.3, -0.25) is 9.59 Å². The molecule has 66 heavy (non-hydrogen) atoms. The molecule has 0 aliphatic carbocycles.